The Bertz CT molecular complexity index is 226. The summed E-state index contributed by atoms with van der Waals surface area (Å²) in [7, 11) is 0. The third-order valence-corrected chi connectivity index (χ3v) is 1.56. The second-order valence-electron chi connectivity index (χ2n) is 4.86. The summed E-state index contributed by atoms with van der Waals surface area (Å²) in [6, 6.07) is 0. The van der Waals surface area contributed by atoms with Gasteiger partial charge >= 0.3 is 0 Å². The molecule has 0 unspecified atom stereocenters. The van der Waals surface area contributed by atoms with Gasteiger partial charge in [-0.15, -0.1) is 13.2 Å². The van der Waals surface area contributed by atoms with Crippen LogP contribution in [-0.2, 0) is 0 Å². The molecule has 0 heterocycles. The first-order valence-electron chi connectivity index (χ1n) is 8.27. The monoisotopic (exact) mass is 340 g/mol. The molecule has 0 aromatic rings. The maximum atomic E-state index is 3.36. The molecule has 24 heavy (non-hydrogen) atoms. The number of hydrogen-bond donors (Lipinski definition) is 0. The normalized spacial score (nSPS) is 6.58. The quantitative estimate of drug-likeness (QED) is 0.438. The van der Waals surface area contributed by atoms with Gasteiger partial charge in [-0.25, -0.2) is 0 Å². The Kier molecular flexibility index (Phi) is 104. The van der Waals surface area contributed by atoms with Crippen LogP contribution < -0.4 is 0 Å². The molecule has 0 aliphatic heterocycles. The van der Waals surface area contributed by atoms with Crippen LogP contribution in [0.1, 0.15) is 96.9 Å². The molecule has 0 aliphatic carbocycles. The fourth-order valence-corrected chi connectivity index (χ4v) is 0.816. The summed E-state index contributed by atoms with van der Waals surface area (Å²) in [6.45, 7) is 27.2. The van der Waals surface area contributed by atoms with E-state index in [4.69, 9.17) is 0 Å². The van der Waals surface area contributed by atoms with Crippen molar-refractivity contribution in [2.75, 3.05) is 0 Å². The van der Waals surface area contributed by atoms with Gasteiger partial charge in [0.2, 0.25) is 0 Å². The van der Waals surface area contributed by atoms with Crippen molar-refractivity contribution >= 4 is 0 Å². The van der Waals surface area contributed by atoms with Gasteiger partial charge < -0.3 is 0 Å². The summed E-state index contributed by atoms with van der Waals surface area (Å²) in [6.07, 6.45) is 14.3. The van der Waals surface area contributed by atoms with Crippen LogP contribution in [0, 0.1) is 0 Å². The Morgan fingerprint density at radius 3 is 0.792 bits per heavy atom. The molecule has 0 N–H and O–H groups in total. The molecule has 0 saturated carbocycles. The zero-order valence-electron chi connectivity index (χ0n) is 17.3. The first kappa shape index (κ1) is 43.4. The zero-order valence-corrected chi connectivity index (χ0v) is 17.3. The predicted octanol–water partition coefficient (Wildman–Crippen LogP) is 9.96. The molecular formula is C24H52. The van der Waals surface area contributed by atoms with Gasteiger partial charge in [-0.2, -0.15) is 0 Å². The molecule has 0 spiro atoms. The van der Waals surface area contributed by atoms with E-state index in [0.717, 1.165) is 0 Å². The lowest BCUT2D eigenvalue weighted by molar-refractivity contribution is 1.18. The maximum absolute atomic E-state index is 3.36. The lowest BCUT2D eigenvalue weighted by Gasteiger charge is -1.80. The summed E-state index contributed by atoms with van der Waals surface area (Å²) >= 11 is 0. The second-order valence-corrected chi connectivity index (χ2v) is 4.86. The van der Waals surface area contributed by atoms with E-state index < -0.39 is 0 Å². The topological polar surface area (TPSA) is 0 Å². The molecule has 0 radical (unpaired) electrons. The van der Waals surface area contributed by atoms with Crippen molar-refractivity contribution in [3.05, 3.63) is 60.8 Å². The summed E-state index contributed by atoms with van der Waals surface area (Å²) in [5.41, 5.74) is 2.83. The van der Waals surface area contributed by atoms with Crippen molar-refractivity contribution in [3.8, 4) is 0 Å². The first-order valence-corrected chi connectivity index (χ1v) is 8.27. The van der Waals surface area contributed by atoms with E-state index in [-0.39, 0.29) is 14.9 Å². The fourth-order valence-electron chi connectivity index (χ4n) is 0.816. The van der Waals surface area contributed by atoms with E-state index in [1.165, 1.54) is 24.0 Å². The largest absolute Gasteiger partial charge is 0.103 e. The summed E-state index contributed by atoms with van der Waals surface area (Å²) in [5, 5.41) is 0. The first-order chi connectivity index (χ1) is 10.3. The number of allylic oxidation sites excluding steroid dienone is 8. The predicted molar refractivity (Wildman–Crippen MR) is 125 cm³/mol. The van der Waals surface area contributed by atoms with Crippen LogP contribution >= 0.6 is 0 Å². The van der Waals surface area contributed by atoms with Gasteiger partial charge in [0.25, 0.3) is 0 Å². The second kappa shape index (κ2) is 57.6. The highest BCUT2D eigenvalue weighted by molar-refractivity contribution is 4.91. The van der Waals surface area contributed by atoms with Crippen molar-refractivity contribution in [1.29, 1.82) is 0 Å². The van der Waals surface area contributed by atoms with E-state index >= 15 is 0 Å². The highest BCUT2D eigenvalue weighted by Crippen LogP contribution is 1.89. The molecule has 0 atom stereocenters. The van der Waals surface area contributed by atoms with Crippen LogP contribution in [-0.4, -0.2) is 0 Å². The standard InChI is InChI=1S/2C6H12.C4H8.2C3H6.2CH4/c2*1-4-5-6(2)3;1-3-4-2;2*1-3-2;;/h2*5H,4H2,1-3H3;3-4H,1-2H3;2*3H,1H2,2H3;2*1H4. The summed E-state index contributed by atoms with van der Waals surface area (Å²) in [4.78, 5) is 0. The molecule has 0 rings (SSSR count). The van der Waals surface area contributed by atoms with Gasteiger partial charge in [-0.05, 0) is 68.2 Å². The summed E-state index contributed by atoms with van der Waals surface area (Å²) in [5.74, 6) is 0. The van der Waals surface area contributed by atoms with Gasteiger partial charge in [0.05, 0.1) is 0 Å². The van der Waals surface area contributed by atoms with Crippen molar-refractivity contribution in [1.82, 2.24) is 0 Å². The molecule has 0 bridgehead atoms. The van der Waals surface area contributed by atoms with Crippen LogP contribution in [0.2, 0.25) is 0 Å². The Balaban J connectivity index is -0.0000000305. The molecule has 0 amide bonds. The molecule has 0 aromatic carbocycles. The van der Waals surface area contributed by atoms with Gasteiger partial charge in [0, 0.05) is 0 Å². The van der Waals surface area contributed by atoms with Crippen LogP contribution in [0.25, 0.3) is 0 Å². The fraction of sp³-hybridized carbons (Fsp3) is 0.583. The smallest absolute Gasteiger partial charge is 0.0377 e. The Morgan fingerprint density at radius 2 is 0.792 bits per heavy atom. The SMILES string of the molecule is C.C.C=CC.C=CC.CC=CC.CCC=C(C)C.CCC=C(C)C. The van der Waals surface area contributed by atoms with Crippen molar-refractivity contribution in [3.63, 3.8) is 0 Å². The number of rotatable bonds is 2. The third kappa shape index (κ3) is 247. The van der Waals surface area contributed by atoms with Crippen LogP contribution in [0.4, 0.5) is 0 Å². The van der Waals surface area contributed by atoms with Crippen molar-refractivity contribution < 1.29 is 0 Å². The molecule has 0 aliphatic rings. The van der Waals surface area contributed by atoms with Gasteiger partial charge in [0.1, 0.15) is 0 Å². The highest BCUT2D eigenvalue weighted by Gasteiger charge is 1.68. The Hall–Kier alpha value is -1.30. The average Bonchev–Trinajstić information content (AvgIpc) is 2.41. The maximum Gasteiger partial charge on any atom is -0.0377 e. The average molecular weight is 341 g/mol. The van der Waals surface area contributed by atoms with Crippen molar-refractivity contribution in [2.45, 2.75) is 96.9 Å². The van der Waals surface area contributed by atoms with E-state index in [1.54, 1.807) is 12.2 Å². The van der Waals surface area contributed by atoms with Crippen LogP contribution in [0.15, 0.2) is 60.8 Å². The van der Waals surface area contributed by atoms with E-state index in [1.807, 2.05) is 39.8 Å². The molecule has 0 saturated heterocycles. The molecule has 0 heteroatoms. The Labute approximate surface area is 158 Å². The minimum atomic E-state index is 0. The van der Waals surface area contributed by atoms with E-state index in [2.05, 4.69) is 66.9 Å². The molecule has 0 nitrogen and oxygen atoms in total. The summed E-state index contributed by atoms with van der Waals surface area (Å²) < 4.78 is 0. The van der Waals surface area contributed by atoms with E-state index in [9.17, 15) is 0 Å². The van der Waals surface area contributed by atoms with Gasteiger partial charge in [-0.3, -0.25) is 0 Å². The molecule has 0 aromatic heterocycles. The molecular weight excluding hydrogens is 288 g/mol. The zero-order chi connectivity index (χ0) is 18.8. The molecule has 148 valence electrons. The van der Waals surface area contributed by atoms with Gasteiger partial charge in [0.15, 0.2) is 0 Å². The minimum Gasteiger partial charge on any atom is -0.103 e. The van der Waals surface area contributed by atoms with E-state index in [0.29, 0.717) is 0 Å². The highest BCUT2D eigenvalue weighted by atomic mass is 13.8. The van der Waals surface area contributed by atoms with Gasteiger partial charge in [-0.1, -0.05) is 76.3 Å². The third-order valence-electron chi connectivity index (χ3n) is 1.56. The number of hydrogen-bond acceptors (Lipinski definition) is 0. The van der Waals surface area contributed by atoms with Crippen LogP contribution in [0.3, 0.4) is 0 Å². The Morgan fingerprint density at radius 1 is 0.625 bits per heavy atom. The molecule has 0 fully saturated rings. The lowest BCUT2D eigenvalue weighted by Crippen LogP contribution is -1.58. The lowest BCUT2D eigenvalue weighted by atomic mass is 10.3. The van der Waals surface area contributed by atoms with Crippen molar-refractivity contribution in [2.24, 2.45) is 0 Å². The minimum absolute atomic E-state index is 0. The van der Waals surface area contributed by atoms with Crippen LogP contribution in [0.5, 0.6) is 0 Å².